The van der Waals surface area contributed by atoms with E-state index in [1.807, 2.05) is 0 Å². The van der Waals surface area contributed by atoms with Crippen LogP contribution in [-0.4, -0.2) is 43.9 Å². The number of nitrogen functional groups attached to an aromatic ring is 1. The number of halogens is 1. The Morgan fingerprint density at radius 1 is 1.35 bits per heavy atom. The number of nitrogens with one attached hydrogen (secondary N) is 2. The smallest absolute Gasteiger partial charge is 0.238 e. The molecule has 7 heteroatoms. The molecule has 0 atom stereocenters. The molecule has 6 nitrogen and oxygen atoms in total. The molecule has 0 aromatic heterocycles. The van der Waals surface area contributed by atoms with Crippen LogP contribution < -0.4 is 16.4 Å². The van der Waals surface area contributed by atoms with Crippen LogP contribution in [0.5, 0.6) is 0 Å². The van der Waals surface area contributed by atoms with Crippen LogP contribution in [0.25, 0.3) is 0 Å². The standard InChI is InChI=1S/C13H19FN4O2/c1-16-12(19)5-6-18(2)8-13(20)17-11-7-9(14)3-4-10(11)15/h3-4,7H,5-6,8,15H2,1-2H3,(H,16,19)(H,17,20). The zero-order valence-corrected chi connectivity index (χ0v) is 11.6. The van der Waals surface area contributed by atoms with Crippen molar-refractivity contribution in [1.29, 1.82) is 0 Å². The Balaban J connectivity index is 2.47. The third-order valence-electron chi connectivity index (χ3n) is 2.70. The van der Waals surface area contributed by atoms with Crippen molar-refractivity contribution in [2.45, 2.75) is 6.42 Å². The number of carbonyl (C=O) groups excluding carboxylic acids is 2. The molecule has 2 amide bonds. The highest BCUT2D eigenvalue weighted by Crippen LogP contribution is 2.18. The van der Waals surface area contributed by atoms with Crippen molar-refractivity contribution in [3.05, 3.63) is 24.0 Å². The van der Waals surface area contributed by atoms with Crippen LogP contribution in [0.2, 0.25) is 0 Å². The fourth-order valence-electron chi connectivity index (χ4n) is 1.57. The Bertz CT molecular complexity index is 493. The monoisotopic (exact) mass is 282 g/mol. The molecule has 0 radical (unpaired) electrons. The molecule has 0 unspecified atom stereocenters. The summed E-state index contributed by atoms with van der Waals surface area (Å²) in [5.41, 5.74) is 6.18. The van der Waals surface area contributed by atoms with E-state index in [2.05, 4.69) is 10.6 Å². The Hall–Kier alpha value is -2.15. The van der Waals surface area contributed by atoms with Crippen LogP contribution in [0.1, 0.15) is 6.42 Å². The second kappa shape index (κ2) is 7.44. The van der Waals surface area contributed by atoms with Gasteiger partial charge in [0.25, 0.3) is 0 Å². The Morgan fingerprint density at radius 3 is 2.70 bits per heavy atom. The lowest BCUT2D eigenvalue weighted by molar-refractivity contribution is -0.122. The molecule has 0 aliphatic heterocycles. The minimum absolute atomic E-state index is 0.0902. The summed E-state index contributed by atoms with van der Waals surface area (Å²) in [7, 11) is 3.28. The van der Waals surface area contributed by atoms with Gasteiger partial charge in [-0.1, -0.05) is 0 Å². The third kappa shape index (κ3) is 5.23. The first-order valence-electron chi connectivity index (χ1n) is 6.16. The number of rotatable bonds is 6. The molecule has 0 heterocycles. The number of anilines is 2. The molecule has 0 aliphatic rings. The first-order valence-corrected chi connectivity index (χ1v) is 6.16. The van der Waals surface area contributed by atoms with Gasteiger partial charge in [0.2, 0.25) is 11.8 Å². The average Bonchev–Trinajstić information content (AvgIpc) is 2.40. The van der Waals surface area contributed by atoms with E-state index < -0.39 is 5.82 Å². The second-order valence-electron chi connectivity index (χ2n) is 4.44. The predicted molar refractivity (Wildman–Crippen MR) is 75.6 cm³/mol. The molecule has 0 saturated heterocycles. The molecule has 0 bridgehead atoms. The van der Waals surface area contributed by atoms with Gasteiger partial charge < -0.3 is 16.4 Å². The van der Waals surface area contributed by atoms with Crippen molar-refractivity contribution in [2.75, 3.05) is 38.2 Å². The summed E-state index contributed by atoms with van der Waals surface area (Å²) < 4.78 is 13.0. The maximum Gasteiger partial charge on any atom is 0.238 e. The lowest BCUT2D eigenvalue weighted by Crippen LogP contribution is -2.33. The highest BCUT2D eigenvalue weighted by Gasteiger charge is 2.10. The van der Waals surface area contributed by atoms with Crippen LogP contribution in [-0.2, 0) is 9.59 Å². The minimum atomic E-state index is -0.470. The molecule has 4 N–H and O–H groups in total. The van der Waals surface area contributed by atoms with Crippen LogP contribution in [0, 0.1) is 5.82 Å². The summed E-state index contributed by atoms with van der Waals surface area (Å²) in [5, 5.41) is 5.04. The number of hydrogen-bond donors (Lipinski definition) is 3. The molecular weight excluding hydrogens is 263 g/mol. The van der Waals surface area contributed by atoms with E-state index in [-0.39, 0.29) is 24.0 Å². The molecule has 1 aromatic rings. The van der Waals surface area contributed by atoms with E-state index in [1.54, 1.807) is 19.0 Å². The Kier molecular flexibility index (Phi) is 5.92. The SMILES string of the molecule is CNC(=O)CCN(C)CC(=O)Nc1cc(F)ccc1N. The molecule has 20 heavy (non-hydrogen) atoms. The van der Waals surface area contributed by atoms with E-state index in [1.165, 1.54) is 12.1 Å². The average molecular weight is 282 g/mol. The number of benzene rings is 1. The summed E-state index contributed by atoms with van der Waals surface area (Å²) in [6.07, 6.45) is 0.308. The van der Waals surface area contributed by atoms with E-state index >= 15 is 0 Å². The highest BCUT2D eigenvalue weighted by molar-refractivity contribution is 5.95. The van der Waals surface area contributed by atoms with Crippen molar-refractivity contribution in [3.63, 3.8) is 0 Å². The number of hydrogen-bond acceptors (Lipinski definition) is 4. The van der Waals surface area contributed by atoms with Crippen LogP contribution in [0.15, 0.2) is 18.2 Å². The zero-order chi connectivity index (χ0) is 15.1. The number of amides is 2. The Morgan fingerprint density at radius 2 is 2.05 bits per heavy atom. The van der Waals surface area contributed by atoms with Crippen molar-refractivity contribution < 1.29 is 14.0 Å². The first kappa shape index (κ1) is 15.9. The normalized spacial score (nSPS) is 10.4. The first-order chi connectivity index (χ1) is 9.42. The molecule has 0 saturated carbocycles. The molecule has 0 aliphatic carbocycles. The van der Waals surface area contributed by atoms with E-state index in [9.17, 15) is 14.0 Å². The fourth-order valence-corrected chi connectivity index (χ4v) is 1.57. The Labute approximate surface area is 117 Å². The summed E-state index contributed by atoms with van der Waals surface area (Å²) in [5.74, 6) is -0.879. The van der Waals surface area contributed by atoms with Gasteiger partial charge in [-0.3, -0.25) is 14.5 Å². The maximum absolute atomic E-state index is 13.0. The van der Waals surface area contributed by atoms with Gasteiger partial charge in [0.15, 0.2) is 0 Å². The summed E-state index contributed by atoms with van der Waals surface area (Å²) in [4.78, 5) is 24.5. The molecule has 0 spiro atoms. The third-order valence-corrected chi connectivity index (χ3v) is 2.70. The molecular formula is C13H19FN4O2. The van der Waals surface area contributed by atoms with Gasteiger partial charge >= 0.3 is 0 Å². The fraction of sp³-hybridized carbons (Fsp3) is 0.385. The van der Waals surface area contributed by atoms with Crippen molar-refractivity contribution in [1.82, 2.24) is 10.2 Å². The van der Waals surface area contributed by atoms with E-state index in [0.29, 0.717) is 18.7 Å². The number of nitrogens with two attached hydrogens (primary N) is 1. The zero-order valence-electron chi connectivity index (χ0n) is 11.6. The minimum Gasteiger partial charge on any atom is -0.397 e. The van der Waals surface area contributed by atoms with Gasteiger partial charge in [0, 0.05) is 20.0 Å². The molecule has 110 valence electrons. The van der Waals surface area contributed by atoms with Crippen LogP contribution in [0.4, 0.5) is 15.8 Å². The van der Waals surface area contributed by atoms with Gasteiger partial charge in [0.1, 0.15) is 5.82 Å². The number of likely N-dealkylation sites (N-methyl/N-ethyl adjacent to an activating group) is 1. The summed E-state index contributed by atoms with van der Waals surface area (Å²) in [6.45, 7) is 0.540. The van der Waals surface area contributed by atoms with Crippen LogP contribution >= 0.6 is 0 Å². The molecule has 0 fully saturated rings. The highest BCUT2D eigenvalue weighted by atomic mass is 19.1. The number of carbonyl (C=O) groups is 2. The summed E-state index contributed by atoms with van der Waals surface area (Å²) in [6, 6.07) is 3.78. The van der Waals surface area contributed by atoms with Gasteiger partial charge in [0.05, 0.1) is 17.9 Å². The molecule has 1 rings (SSSR count). The van der Waals surface area contributed by atoms with Gasteiger partial charge in [-0.15, -0.1) is 0 Å². The molecule has 1 aromatic carbocycles. The van der Waals surface area contributed by atoms with Crippen molar-refractivity contribution in [3.8, 4) is 0 Å². The van der Waals surface area contributed by atoms with Crippen molar-refractivity contribution >= 4 is 23.2 Å². The predicted octanol–water partition coefficient (Wildman–Crippen LogP) is 0.414. The lowest BCUT2D eigenvalue weighted by Gasteiger charge is -2.16. The maximum atomic E-state index is 13.0. The summed E-state index contributed by atoms with van der Waals surface area (Å²) >= 11 is 0. The quantitative estimate of drug-likeness (QED) is 0.660. The topological polar surface area (TPSA) is 87.5 Å². The largest absolute Gasteiger partial charge is 0.397 e. The van der Waals surface area contributed by atoms with Gasteiger partial charge in [-0.2, -0.15) is 0 Å². The van der Waals surface area contributed by atoms with Crippen LogP contribution in [0.3, 0.4) is 0 Å². The number of nitrogens with zero attached hydrogens (tertiary/aromatic N) is 1. The lowest BCUT2D eigenvalue weighted by atomic mass is 10.2. The van der Waals surface area contributed by atoms with E-state index in [4.69, 9.17) is 5.73 Å². The van der Waals surface area contributed by atoms with Crippen molar-refractivity contribution in [2.24, 2.45) is 0 Å². The second-order valence-corrected chi connectivity index (χ2v) is 4.44. The van der Waals surface area contributed by atoms with E-state index in [0.717, 1.165) is 6.07 Å². The van der Waals surface area contributed by atoms with Gasteiger partial charge in [-0.05, 0) is 25.2 Å². The van der Waals surface area contributed by atoms with Gasteiger partial charge in [-0.25, -0.2) is 4.39 Å².